The Morgan fingerprint density at radius 3 is 2.89 bits per heavy atom. The van der Waals surface area contributed by atoms with Gasteiger partial charge in [-0.3, -0.25) is 0 Å². The molecule has 0 radical (unpaired) electrons. The highest BCUT2D eigenvalue weighted by atomic mass is 16.5. The van der Waals surface area contributed by atoms with Crippen molar-refractivity contribution in [2.24, 2.45) is 0 Å². The molecule has 0 saturated heterocycles. The normalized spacial score (nSPS) is 11.1. The fraction of sp³-hybridized carbons (Fsp3) is 0.231. The van der Waals surface area contributed by atoms with E-state index in [-0.39, 0.29) is 0 Å². The van der Waals surface area contributed by atoms with E-state index >= 15 is 0 Å². The molecule has 0 amide bonds. The van der Waals surface area contributed by atoms with E-state index in [4.69, 9.17) is 4.74 Å². The lowest BCUT2D eigenvalue weighted by molar-refractivity contribution is 0.0514. The number of carbonyl (C=O) groups excluding carboxylic acids is 1. The molecule has 6 heteroatoms. The minimum Gasteiger partial charge on any atom is -0.461 e. The van der Waals surface area contributed by atoms with Crippen LogP contribution >= 0.6 is 0 Å². The van der Waals surface area contributed by atoms with Crippen molar-refractivity contribution in [2.75, 3.05) is 6.61 Å². The summed E-state index contributed by atoms with van der Waals surface area (Å²) >= 11 is 0. The highest BCUT2D eigenvalue weighted by Crippen LogP contribution is 2.19. The van der Waals surface area contributed by atoms with E-state index in [1.807, 2.05) is 24.3 Å². The zero-order valence-corrected chi connectivity index (χ0v) is 10.6. The molecule has 0 fully saturated rings. The van der Waals surface area contributed by atoms with Crippen molar-refractivity contribution in [2.45, 2.75) is 13.8 Å². The van der Waals surface area contributed by atoms with Gasteiger partial charge in [-0.2, -0.15) is 10.2 Å². The van der Waals surface area contributed by atoms with Crippen LogP contribution < -0.4 is 0 Å². The molecular formula is C13H12N4O2. The molecule has 0 atom stereocenters. The minimum absolute atomic E-state index is 0.308. The second kappa shape index (κ2) is 4.31. The summed E-state index contributed by atoms with van der Waals surface area (Å²) in [6.45, 7) is 3.78. The standard InChI is InChI=1S/C13H12N4O2/c1-3-19-13(18)11-8(2)14-15-12-9-6-4-5-7-10(9)16-17(11)12/h4-7H,3H2,1-2H3. The van der Waals surface area contributed by atoms with Crippen LogP contribution in [0, 0.1) is 6.92 Å². The molecule has 96 valence electrons. The predicted octanol–water partition coefficient (Wildman–Crippen LogP) is 1.76. The molecular weight excluding hydrogens is 244 g/mol. The molecule has 0 saturated carbocycles. The average Bonchev–Trinajstić information content (AvgIpc) is 2.76. The first-order valence-electron chi connectivity index (χ1n) is 6.00. The van der Waals surface area contributed by atoms with Crippen LogP contribution in [0.1, 0.15) is 23.1 Å². The van der Waals surface area contributed by atoms with Crippen LogP contribution in [-0.4, -0.2) is 32.4 Å². The van der Waals surface area contributed by atoms with E-state index in [9.17, 15) is 4.79 Å². The number of rotatable bonds is 2. The fourth-order valence-electron chi connectivity index (χ4n) is 2.03. The second-order valence-electron chi connectivity index (χ2n) is 4.11. The third-order valence-electron chi connectivity index (χ3n) is 2.87. The lowest BCUT2D eigenvalue weighted by Gasteiger charge is -2.05. The van der Waals surface area contributed by atoms with Gasteiger partial charge in [0.25, 0.3) is 0 Å². The van der Waals surface area contributed by atoms with Gasteiger partial charge in [-0.05, 0) is 26.0 Å². The van der Waals surface area contributed by atoms with Crippen LogP contribution in [0.5, 0.6) is 0 Å². The Morgan fingerprint density at radius 1 is 1.32 bits per heavy atom. The van der Waals surface area contributed by atoms with Gasteiger partial charge in [-0.25, -0.2) is 9.31 Å². The van der Waals surface area contributed by atoms with E-state index in [0.717, 1.165) is 10.9 Å². The van der Waals surface area contributed by atoms with Gasteiger partial charge in [-0.15, -0.1) is 5.10 Å². The highest BCUT2D eigenvalue weighted by molar-refractivity contribution is 5.95. The van der Waals surface area contributed by atoms with Crippen molar-refractivity contribution >= 4 is 22.5 Å². The maximum Gasteiger partial charge on any atom is 0.359 e. The Morgan fingerprint density at radius 2 is 2.11 bits per heavy atom. The Hall–Kier alpha value is -2.50. The quantitative estimate of drug-likeness (QED) is 0.653. The molecule has 0 aliphatic carbocycles. The van der Waals surface area contributed by atoms with E-state index in [1.165, 1.54) is 4.52 Å². The van der Waals surface area contributed by atoms with Crippen LogP contribution in [0.2, 0.25) is 0 Å². The number of hydrogen-bond donors (Lipinski definition) is 0. The van der Waals surface area contributed by atoms with E-state index in [2.05, 4.69) is 15.3 Å². The summed E-state index contributed by atoms with van der Waals surface area (Å²) in [4.78, 5) is 12.0. The minimum atomic E-state index is -0.437. The van der Waals surface area contributed by atoms with Gasteiger partial charge in [0.1, 0.15) is 0 Å². The van der Waals surface area contributed by atoms with E-state index in [1.54, 1.807) is 13.8 Å². The number of fused-ring (bicyclic) bond motifs is 3. The molecule has 0 N–H and O–H groups in total. The first-order valence-corrected chi connectivity index (χ1v) is 6.00. The summed E-state index contributed by atoms with van der Waals surface area (Å²) < 4.78 is 6.55. The van der Waals surface area contributed by atoms with Gasteiger partial charge in [0.15, 0.2) is 11.3 Å². The lowest BCUT2D eigenvalue weighted by atomic mass is 10.2. The monoisotopic (exact) mass is 256 g/mol. The fourth-order valence-corrected chi connectivity index (χ4v) is 2.03. The smallest absolute Gasteiger partial charge is 0.359 e. The molecule has 0 spiro atoms. The number of aromatic nitrogens is 4. The molecule has 2 aromatic heterocycles. The lowest BCUT2D eigenvalue weighted by Crippen LogP contribution is -2.15. The third kappa shape index (κ3) is 1.72. The van der Waals surface area contributed by atoms with Gasteiger partial charge < -0.3 is 4.74 Å². The maximum atomic E-state index is 12.0. The number of hydrogen-bond acceptors (Lipinski definition) is 5. The van der Waals surface area contributed by atoms with Crippen molar-refractivity contribution in [1.29, 1.82) is 0 Å². The topological polar surface area (TPSA) is 69.4 Å². The van der Waals surface area contributed by atoms with Crippen LogP contribution in [0.25, 0.3) is 16.6 Å². The van der Waals surface area contributed by atoms with Crippen molar-refractivity contribution < 1.29 is 9.53 Å². The zero-order valence-electron chi connectivity index (χ0n) is 10.6. The first-order chi connectivity index (χ1) is 9.22. The molecule has 3 rings (SSSR count). The number of aryl methyl sites for hydroxylation is 1. The van der Waals surface area contributed by atoms with Crippen LogP contribution in [-0.2, 0) is 4.74 Å². The summed E-state index contributed by atoms with van der Waals surface area (Å²) in [6, 6.07) is 7.56. The summed E-state index contributed by atoms with van der Waals surface area (Å²) in [5.74, 6) is -0.437. The van der Waals surface area contributed by atoms with Gasteiger partial charge >= 0.3 is 5.97 Å². The Bertz CT molecular complexity index is 779. The predicted molar refractivity (Wildman–Crippen MR) is 69.0 cm³/mol. The average molecular weight is 256 g/mol. The second-order valence-corrected chi connectivity index (χ2v) is 4.11. The SMILES string of the molecule is CCOC(=O)c1c(C)nnc2c3ccccc3nn12. The van der Waals surface area contributed by atoms with E-state index in [0.29, 0.717) is 23.6 Å². The largest absolute Gasteiger partial charge is 0.461 e. The van der Waals surface area contributed by atoms with Crippen molar-refractivity contribution in [3.8, 4) is 0 Å². The van der Waals surface area contributed by atoms with Gasteiger partial charge in [0, 0.05) is 5.39 Å². The van der Waals surface area contributed by atoms with Crippen LogP contribution in [0.3, 0.4) is 0 Å². The summed E-state index contributed by atoms with van der Waals surface area (Å²) in [7, 11) is 0. The first kappa shape index (κ1) is 11.6. The Kier molecular flexibility index (Phi) is 2.63. The molecule has 2 heterocycles. The summed E-state index contributed by atoms with van der Waals surface area (Å²) in [6.07, 6.45) is 0. The number of nitrogens with zero attached hydrogens (tertiary/aromatic N) is 4. The van der Waals surface area contributed by atoms with Gasteiger partial charge in [0.2, 0.25) is 0 Å². The van der Waals surface area contributed by atoms with Crippen LogP contribution in [0.4, 0.5) is 0 Å². The Balaban J connectivity index is 2.36. The molecule has 0 unspecified atom stereocenters. The van der Waals surface area contributed by atoms with E-state index < -0.39 is 5.97 Å². The van der Waals surface area contributed by atoms with Crippen molar-refractivity contribution in [3.05, 3.63) is 35.7 Å². The molecule has 0 bridgehead atoms. The highest BCUT2D eigenvalue weighted by Gasteiger charge is 2.19. The molecule has 3 aromatic rings. The third-order valence-corrected chi connectivity index (χ3v) is 2.87. The molecule has 1 aromatic carbocycles. The number of carbonyl (C=O) groups is 1. The van der Waals surface area contributed by atoms with Crippen molar-refractivity contribution in [1.82, 2.24) is 19.8 Å². The summed E-state index contributed by atoms with van der Waals surface area (Å²) in [5, 5.41) is 13.4. The molecule has 0 aliphatic heterocycles. The van der Waals surface area contributed by atoms with Gasteiger partial charge in [0.05, 0.1) is 17.8 Å². The maximum absolute atomic E-state index is 12.0. The summed E-state index contributed by atoms with van der Waals surface area (Å²) in [5.41, 5.74) is 2.15. The number of benzene rings is 1. The molecule has 0 aliphatic rings. The van der Waals surface area contributed by atoms with Crippen LogP contribution in [0.15, 0.2) is 24.3 Å². The zero-order chi connectivity index (χ0) is 13.4. The van der Waals surface area contributed by atoms with Crippen molar-refractivity contribution in [3.63, 3.8) is 0 Å². The number of esters is 1. The van der Waals surface area contributed by atoms with Gasteiger partial charge in [-0.1, -0.05) is 12.1 Å². The molecule has 6 nitrogen and oxygen atoms in total. The number of ether oxygens (including phenoxy) is 1. The molecule has 19 heavy (non-hydrogen) atoms. The Labute approximate surface area is 109 Å².